The van der Waals surface area contributed by atoms with Crippen molar-refractivity contribution in [2.24, 2.45) is 35.5 Å². The van der Waals surface area contributed by atoms with E-state index in [0.29, 0.717) is 6.04 Å². The van der Waals surface area contributed by atoms with Gasteiger partial charge in [0.2, 0.25) is 0 Å². The second kappa shape index (κ2) is 4.62. The number of fused-ring (bicyclic) bond motifs is 4. The van der Waals surface area contributed by atoms with Crippen LogP contribution >= 0.6 is 0 Å². The minimum absolute atomic E-state index is 0.717. The Hall–Kier alpha value is -0.300. The molecule has 0 amide bonds. The van der Waals surface area contributed by atoms with E-state index in [1.54, 1.807) is 6.42 Å². The van der Waals surface area contributed by atoms with Gasteiger partial charge in [0.05, 0.1) is 0 Å². The fourth-order valence-corrected chi connectivity index (χ4v) is 5.97. The molecule has 0 radical (unpaired) electrons. The highest BCUT2D eigenvalue weighted by atomic mass is 15.0. The van der Waals surface area contributed by atoms with Crippen molar-refractivity contribution in [1.29, 1.82) is 0 Å². The summed E-state index contributed by atoms with van der Waals surface area (Å²) < 4.78 is 0. The maximum absolute atomic E-state index is 4.00. The number of nitrogens with one attached hydrogen (secondary N) is 1. The molecule has 4 rings (SSSR count). The lowest BCUT2D eigenvalue weighted by Crippen LogP contribution is -2.45. The summed E-state index contributed by atoms with van der Waals surface area (Å²) >= 11 is 0. The normalized spacial score (nSPS) is 50.0. The molecule has 4 aliphatic carbocycles. The van der Waals surface area contributed by atoms with Crippen molar-refractivity contribution in [3.63, 3.8) is 0 Å². The molecule has 106 valence electrons. The smallest absolute Gasteiger partial charge is 0.00754 e. The summed E-state index contributed by atoms with van der Waals surface area (Å²) in [6.45, 7) is 4.91. The van der Waals surface area contributed by atoms with Gasteiger partial charge in [0, 0.05) is 12.1 Å². The molecule has 8 unspecified atom stereocenters. The van der Waals surface area contributed by atoms with Gasteiger partial charge >= 0.3 is 0 Å². The van der Waals surface area contributed by atoms with Crippen LogP contribution in [0.25, 0.3) is 0 Å². The fourth-order valence-electron chi connectivity index (χ4n) is 5.97. The van der Waals surface area contributed by atoms with Gasteiger partial charge in [-0.2, -0.15) is 0 Å². The number of hydrogen-bond donors (Lipinski definition) is 1. The molecule has 0 aromatic carbocycles. The zero-order valence-electron chi connectivity index (χ0n) is 12.5. The van der Waals surface area contributed by atoms with Crippen LogP contribution in [0.3, 0.4) is 0 Å². The first kappa shape index (κ1) is 12.4. The van der Waals surface area contributed by atoms with Gasteiger partial charge < -0.3 is 5.32 Å². The van der Waals surface area contributed by atoms with Crippen LogP contribution in [0.15, 0.2) is 12.2 Å². The molecule has 1 heteroatoms. The van der Waals surface area contributed by atoms with Crippen LogP contribution in [0.5, 0.6) is 0 Å². The van der Waals surface area contributed by atoms with E-state index in [1.165, 1.54) is 32.1 Å². The third-order valence-corrected chi connectivity index (χ3v) is 6.93. The quantitative estimate of drug-likeness (QED) is 0.752. The summed E-state index contributed by atoms with van der Waals surface area (Å²) in [6.07, 6.45) is 14.0. The first-order chi connectivity index (χ1) is 9.20. The van der Waals surface area contributed by atoms with E-state index in [1.807, 2.05) is 0 Å². The Labute approximate surface area is 118 Å². The third-order valence-electron chi connectivity index (χ3n) is 6.93. The molecule has 19 heavy (non-hydrogen) atoms. The van der Waals surface area contributed by atoms with E-state index < -0.39 is 0 Å². The maximum Gasteiger partial charge on any atom is 0.00754 e. The van der Waals surface area contributed by atoms with Gasteiger partial charge in [-0.15, -0.1) is 0 Å². The highest BCUT2D eigenvalue weighted by molar-refractivity contribution is 5.12. The molecule has 0 aromatic rings. The molecular weight excluding hydrogens is 230 g/mol. The molecule has 0 heterocycles. The zero-order chi connectivity index (χ0) is 13.0. The van der Waals surface area contributed by atoms with Crippen LogP contribution in [0.2, 0.25) is 0 Å². The highest BCUT2D eigenvalue weighted by Crippen LogP contribution is 2.50. The molecule has 1 nitrogen and oxygen atoms in total. The molecule has 3 saturated carbocycles. The van der Waals surface area contributed by atoms with Crippen molar-refractivity contribution in [3.05, 3.63) is 12.2 Å². The van der Waals surface area contributed by atoms with Gasteiger partial charge in [-0.3, -0.25) is 0 Å². The molecule has 0 aliphatic heterocycles. The fraction of sp³-hybridized carbons (Fsp3) is 0.889. The molecule has 0 aromatic heterocycles. The average molecular weight is 259 g/mol. The molecule has 0 saturated heterocycles. The number of hydrogen-bond acceptors (Lipinski definition) is 1. The lowest BCUT2D eigenvalue weighted by molar-refractivity contribution is 0.218. The second-order valence-corrected chi connectivity index (χ2v) is 8.03. The summed E-state index contributed by atoms with van der Waals surface area (Å²) in [5.41, 5.74) is 0. The Morgan fingerprint density at radius 1 is 0.895 bits per heavy atom. The van der Waals surface area contributed by atoms with Crippen molar-refractivity contribution in [2.45, 2.75) is 64.5 Å². The predicted molar refractivity (Wildman–Crippen MR) is 79.8 cm³/mol. The second-order valence-electron chi connectivity index (χ2n) is 8.03. The van der Waals surface area contributed by atoms with Gasteiger partial charge in [0.25, 0.3) is 0 Å². The van der Waals surface area contributed by atoms with Gasteiger partial charge in [0.15, 0.2) is 0 Å². The molecule has 1 N–H and O–H groups in total. The molecule has 4 aliphatic rings. The van der Waals surface area contributed by atoms with Crippen molar-refractivity contribution in [1.82, 2.24) is 5.32 Å². The maximum atomic E-state index is 4.00. The molecule has 8 atom stereocenters. The summed E-state index contributed by atoms with van der Waals surface area (Å²) in [5.74, 6) is 5.84. The minimum Gasteiger partial charge on any atom is -0.311 e. The Balaban J connectivity index is 1.35. The highest BCUT2D eigenvalue weighted by Gasteiger charge is 2.43. The third kappa shape index (κ3) is 2.09. The topological polar surface area (TPSA) is 12.0 Å². The van der Waals surface area contributed by atoms with Crippen molar-refractivity contribution in [3.8, 4) is 0 Å². The minimum atomic E-state index is 0.717. The summed E-state index contributed by atoms with van der Waals surface area (Å²) in [7, 11) is 0. The first-order valence-electron chi connectivity index (χ1n) is 8.65. The monoisotopic (exact) mass is 259 g/mol. The summed E-state index contributed by atoms with van der Waals surface area (Å²) in [6, 6.07) is 1.46. The van der Waals surface area contributed by atoms with Crippen molar-refractivity contribution < 1.29 is 0 Å². The van der Waals surface area contributed by atoms with E-state index in [0.717, 1.165) is 41.5 Å². The van der Waals surface area contributed by atoms with E-state index in [-0.39, 0.29) is 0 Å². The van der Waals surface area contributed by atoms with Crippen LogP contribution in [0.4, 0.5) is 0 Å². The lowest BCUT2D eigenvalue weighted by atomic mass is 9.82. The Bertz CT molecular complexity index is 374. The van der Waals surface area contributed by atoms with Crippen LogP contribution < -0.4 is 5.32 Å². The molecule has 0 spiro atoms. The Morgan fingerprint density at radius 3 is 2.32 bits per heavy atom. The van der Waals surface area contributed by atoms with Crippen molar-refractivity contribution in [2.75, 3.05) is 0 Å². The van der Waals surface area contributed by atoms with Gasteiger partial charge in [-0.25, -0.2) is 0 Å². The van der Waals surface area contributed by atoms with Crippen LogP contribution in [0, 0.1) is 35.5 Å². The van der Waals surface area contributed by atoms with Crippen LogP contribution in [0.1, 0.15) is 52.4 Å². The van der Waals surface area contributed by atoms with E-state index in [9.17, 15) is 0 Å². The SMILES string of the molecule is CC(NC(C)C1CC2CCC1C2)C1CC2C=CC1C2. The van der Waals surface area contributed by atoms with Crippen molar-refractivity contribution >= 4 is 0 Å². The summed E-state index contributed by atoms with van der Waals surface area (Å²) in [4.78, 5) is 0. The van der Waals surface area contributed by atoms with Gasteiger partial charge in [-0.05, 0) is 81.5 Å². The van der Waals surface area contributed by atoms with Gasteiger partial charge in [0.1, 0.15) is 0 Å². The predicted octanol–water partition coefficient (Wildman–Crippen LogP) is 4.00. The van der Waals surface area contributed by atoms with E-state index in [4.69, 9.17) is 0 Å². The summed E-state index contributed by atoms with van der Waals surface area (Å²) in [5, 5.41) is 4.00. The van der Waals surface area contributed by atoms with E-state index >= 15 is 0 Å². The average Bonchev–Trinajstić information content (AvgIpc) is 3.17. The van der Waals surface area contributed by atoms with Crippen LogP contribution in [-0.4, -0.2) is 12.1 Å². The number of allylic oxidation sites excluding steroid dienone is 2. The van der Waals surface area contributed by atoms with E-state index in [2.05, 4.69) is 31.3 Å². The first-order valence-corrected chi connectivity index (χ1v) is 8.65. The van der Waals surface area contributed by atoms with Crippen LogP contribution in [-0.2, 0) is 0 Å². The lowest BCUT2D eigenvalue weighted by Gasteiger charge is -2.34. The Morgan fingerprint density at radius 2 is 1.74 bits per heavy atom. The molecule has 3 fully saturated rings. The molecular formula is C18H29N. The number of rotatable bonds is 4. The largest absolute Gasteiger partial charge is 0.311 e. The van der Waals surface area contributed by atoms with Gasteiger partial charge in [-0.1, -0.05) is 18.6 Å². The standard InChI is InChI=1S/C18H29N/c1-11(17-9-13-3-5-15(17)7-13)19-12(2)18-10-14-4-6-16(18)8-14/h3,5,11-19H,4,6-10H2,1-2H3. The molecule has 4 bridgehead atoms. The zero-order valence-corrected chi connectivity index (χ0v) is 12.5. The Kier molecular flexibility index (Phi) is 3.02.